The third-order valence-electron chi connectivity index (χ3n) is 4.12. The molecular weight excluding hydrogens is 318 g/mol. The van der Waals surface area contributed by atoms with Crippen molar-refractivity contribution in [3.05, 3.63) is 0 Å². The van der Waals surface area contributed by atoms with Crippen LogP contribution in [0.4, 0.5) is 4.79 Å². The van der Waals surface area contributed by atoms with Crippen molar-refractivity contribution >= 4 is 12.1 Å². The van der Waals surface area contributed by atoms with Gasteiger partial charge in [-0.15, -0.1) is 0 Å². The van der Waals surface area contributed by atoms with Crippen LogP contribution in [-0.2, 0) is 14.3 Å². The Bertz CT molecular complexity index is 334. The molecular formula is C20H39NO4. The van der Waals surface area contributed by atoms with Crippen LogP contribution >= 0.6 is 0 Å². The van der Waals surface area contributed by atoms with Crippen LogP contribution in [0.2, 0.25) is 0 Å². The van der Waals surface area contributed by atoms with Crippen LogP contribution in [0.1, 0.15) is 97.8 Å². The van der Waals surface area contributed by atoms with E-state index < -0.39 is 18.1 Å². The molecule has 25 heavy (non-hydrogen) atoms. The zero-order valence-electron chi connectivity index (χ0n) is 16.6. The highest BCUT2D eigenvalue weighted by atomic mass is 16.6. The number of carbonyl (C=O) groups is 2. The van der Waals surface area contributed by atoms with Crippen molar-refractivity contribution in [3.63, 3.8) is 0 Å². The predicted octanol–water partition coefficient (Wildman–Crippen LogP) is 5.37. The lowest BCUT2D eigenvalue weighted by atomic mass is 10.1. The lowest BCUT2D eigenvalue weighted by Gasteiger charge is -2.13. The summed E-state index contributed by atoms with van der Waals surface area (Å²) in [4.78, 5) is 23.1. The van der Waals surface area contributed by atoms with Crippen molar-refractivity contribution in [3.8, 4) is 0 Å². The summed E-state index contributed by atoms with van der Waals surface area (Å²) in [6.07, 6.45) is 14.1. The van der Waals surface area contributed by atoms with E-state index >= 15 is 0 Å². The SMILES string of the molecule is CCCCCCCCCCCCCOC(=O)[C@H](C)NC(=O)OCCC. The fraction of sp³-hybridized carbons (Fsp3) is 0.900. The summed E-state index contributed by atoms with van der Waals surface area (Å²) >= 11 is 0. The van der Waals surface area contributed by atoms with Crippen molar-refractivity contribution in [2.75, 3.05) is 13.2 Å². The number of alkyl carbamates (subject to hydrolysis) is 1. The molecule has 0 saturated heterocycles. The maximum Gasteiger partial charge on any atom is 0.407 e. The van der Waals surface area contributed by atoms with Gasteiger partial charge in [0.15, 0.2) is 0 Å². The van der Waals surface area contributed by atoms with Crippen LogP contribution in [-0.4, -0.2) is 31.3 Å². The maximum atomic E-state index is 11.7. The molecule has 0 unspecified atom stereocenters. The maximum absolute atomic E-state index is 11.7. The van der Waals surface area contributed by atoms with Crippen LogP contribution in [0.3, 0.4) is 0 Å². The van der Waals surface area contributed by atoms with E-state index in [4.69, 9.17) is 9.47 Å². The van der Waals surface area contributed by atoms with Gasteiger partial charge in [0, 0.05) is 0 Å². The van der Waals surface area contributed by atoms with Gasteiger partial charge in [-0.2, -0.15) is 0 Å². The Morgan fingerprint density at radius 2 is 1.24 bits per heavy atom. The molecule has 0 bridgehead atoms. The smallest absolute Gasteiger partial charge is 0.407 e. The average Bonchev–Trinajstić information content (AvgIpc) is 2.60. The molecule has 0 aromatic heterocycles. The van der Waals surface area contributed by atoms with E-state index in [2.05, 4.69) is 12.2 Å². The molecule has 0 aromatic carbocycles. The molecule has 0 rings (SSSR count). The molecule has 0 aliphatic rings. The van der Waals surface area contributed by atoms with E-state index in [1.54, 1.807) is 6.92 Å². The number of carbonyl (C=O) groups excluding carboxylic acids is 2. The number of nitrogens with one attached hydrogen (secondary N) is 1. The Morgan fingerprint density at radius 1 is 0.720 bits per heavy atom. The largest absolute Gasteiger partial charge is 0.464 e. The minimum absolute atomic E-state index is 0.354. The Morgan fingerprint density at radius 3 is 1.76 bits per heavy atom. The van der Waals surface area contributed by atoms with Crippen LogP contribution in [0.5, 0.6) is 0 Å². The van der Waals surface area contributed by atoms with Gasteiger partial charge in [-0.3, -0.25) is 0 Å². The van der Waals surface area contributed by atoms with E-state index in [9.17, 15) is 9.59 Å². The van der Waals surface area contributed by atoms with Crippen LogP contribution < -0.4 is 5.32 Å². The molecule has 148 valence electrons. The molecule has 0 heterocycles. The molecule has 0 aliphatic carbocycles. The Labute approximate surface area is 154 Å². The average molecular weight is 358 g/mol. The zero-order chi connectivity index (χ0) is 18.8. The van der Waals surface area contributed by atoms with E-state index in [-0.39, 0.29) is 0 Å². The molecule has 5 nitrogen and oxygen atoms in total. The highest BCUT2D eigenvalue weighted by Gasteiger charge is 2.17. The molecule has 1 N–H and O–H groups in total. The second-order valence-electron chi connectivity index (χ2n) is 6.70. The number of unbranched alkanes of at least 4 members (excludes halogenated alkanes) is 10. The summed E-state index contributed by atoms with van der Waals surface area (Å²) < 4.78 is 10.1. The van der Waals surface area contributed by atoms with Crippen LogP contribution in [0.25, 0.3) is 0 Å². The Balaban J connectivity index is 3.40. The first-order valence-electron chi connectivity index (χ1n) is 10.2. The molecule has 0 radical (unpaired) electrons. The topological polar surface area (TPSA) is 64.6 Å². The van der Waals surface area contributed by atoms with Gasteiger partial charge in [-0.1, -0.05) is 78.1 Å². The first-order valence-corrected chi connectivity index (χ1v) is 10.2. The molecule has 0 spiro atoms. The molecule has 5 heteroatoms. The third-order valence-corrected chi connectivity index (χ3v) is 4.12. The first-order chi connectivity index (χ1) is 12.1. The monoisotopic (exact) mass is 357 g/mol. The number of hydrogen-bond acceptors (Lipinski definition) is 4. The molecule has 1 atom stereocenters. The van der Waals surface area contributed by atoms with E-state index in [0.717, 1.165) is 19.3 Å². The standard InChI is InChI=1S/C20H39NO4/c1-4-6-7-8-9-10-11-12-13-14-15-17-24-19(22)18(3)21-20(23)25-16-5-2/h18H,4-17H2,1-3H3,(H,21,23)/t18-/m0/s1. The number of hydrogen-bond donors (Lipinski definition) is 1. The summed E-state index contributed by atoms with van der Waals surface area (Å²) in [5, 5.41) is 2.47. The Kier molecular flexibility index (Phi) is 16.7. The van der Waals surface area contributed by atoms with Crippen molar-refractivity contribution < 1.29 is 19.1 Å². The van der Waals surface area contributed by atoms with Gasteiger partial charge >= 0.3 is 12.1 Å². The number of amides is 1. The number of rotatable bonds is 16. The van der Waals surface area contributed by atoms with Gasteiger partial charge in [0.1, 0.15) is 6.04 Å². The lowest BCUT2D eigenvalue weighted by molar-refractivity contribution is -0.145. The normalized spacial score (nSPS) is 11.8. The molecule has 0 aliphatic heterocycles. The van der Waals surface area contributed by atoms with Gasteiger partial charge in [-0.05, 0) is 19.8 Å². The number of ether oxygens (including phenoxy) is 2. The molecule has 0 fully saturated rings. The minimum atomic E-state index is -0.669. The van der Waals surface area contributed by atoms with Crippen LogP contribution in [0, 0.1) is 0 Å². The lowest BCUT2D eigenvalue weighted by Crippen LogP contribution is -2.40. The summed E-state index contributed by atoms with van der Waals surface area (Å²) in [6, 6.07) is -0.669. The fourth-order valence-electron chi connectivity index (χ4n) is 2.54. The Hall–Kier alpha value is -1.26. The van der Waals surface area contributed by atoms with Crippen molar-refractivity contribution in [2.24, 2.45) is 0 Å². The predicted molar refractivity (Wildman–Crippen MR) is 102 cm³/mol. The van der Waals surface area contributed by atoms with E-state index in [1.807, 2.05) is 6.92 Å². The zero-order valence-corrected chi connectivity index (χ0v) is 16.6. The molecule has 0 saturated carbocycles. The van der Waals surface area contributed by atoms with Gasteiger partial charge in [0.25, 0.3) is 0 Å². The second-order valence-corrected chi connectivity index (χ2v) is 6.70. The van der Waals surface area contributed by atoms with E-state index in [1.165, 1.54) is 57.8 Å². The van der Waals surface area contributed by atoms with Crippen molar-refractivity contribution in [2.45, 2.75) is 104 Å². The van der Waals surface area contributed by atoms with Gasteiger partial charge < -0.3 is 14.8 Å². The summed E-state index contributed by atoms with van der Waals surface area (Å²) in [7, 11) is 0. The quantitative estimate of drug-likeness (QED) is 0.298. The fourth-order valence-corrected chi connectivity index (χ4v) is 2.54. The third kappa shape index (κ3) is 16.0. The highest BCUT2D eigenvalue weighted by molar-refractivity contribution is 5.80. The molecule has 1 amide bonds. The van der Waals surface area contributed by atoms with Crippen molar-refractivity contribution in [1.29, 1.82) is 0 Å². The van der Waals surface area contributed by atoms with Gasteiger partial charge in [-0.25, -0.2) is 9.59 Å². The van der Waals surface area contributed by atoms with Crippen LogP contribution in [0.15, 0.2) is 0 Å². The molecule has 0 aromatic rings. The summed E-state index contributed by atoms with van der Waals surface area (Å²) in [6.45, 7) is 6.54. The second kappa shape index (κ2) is 17.6. The summed E-state index contributed by atoms with van der Waals surface area (Å²) in [5.74, 6) is -0.402. The first kappa shape index (κ1) is 23.7. The van der Waals surface area contributed by atoms with Crippen molar-refractivity contribution in [1.82, 2.24) is 5.32 Å². The van der Waals surface area contributed by atoms with Gasteiger partial charge in [0.2, 0.25) is 0 Å². The van der Waals surface area contributed by atoms with E-state index in [0.29, 0.717) is 13.2 Å². The minimum Gasteiger partial charge on any atom is -0.464 e. The number of esters is 1. The highest BCUT2D eigenvalue weighted by Crippen LogP contribution is 2.11. The summed E-state index contributed by atoms with van der Waals surface area (Å²) in [5.41, 5.74) is 0. The van der Waals surface area contributed by atoms with Gasteiger partial charge in [0.05, 0.1) is 13.2 Å².